The Kier molecular flexibility index (Phi) is 3.58. The minimum absolute atomic E-state index is 0.595. The van der Waals surface area contributed by atoms with Gasteiger partial charge < -0.3 is 15.2 Å². The molecule has 1 aliphatic rings. The van der Waals surface area contributed by atoms with Crippen LogP contribution in [0.4, 0.5) is 0 Å². The fourth-order valence-corrected chi connectivity index (χ4v) is 2.99. The standard InChI is InChI=1S/C16H23N3/c1-12(11-19-7-5-17-6-8-19)14-3-4-16-15(10-14)9-13(2)18-16/h3-4,9-10,12,17-18H,5-8,11H2,1-2H3. The van der Waals surface area contributed by atoms with Crippen LogP contribution in [0.1, 0.15) is 24.1 Å². The Balaban J connectivity index is 1.74. The Hall–Kier alpha value is -1.32. The summed E-state index contributed by atoms with van der Waals surface area (Å²) in [6.07, 6.45) is 0. The molecule has 1 fully saturated rings. The molecular formula is C16H23N3. The smallest absolute Gasteiger partial charge is 0.0456 e. The quantitative estimate of drug-likeness (QED) is 0.885. The topological polar surface area (TPSA) is 31.1 Å². The third kappa shape index (κ3) is 2.82. The summed E-state index contributed by atoms with van der Waals surface area (Å²) in [5.74, 6) is 0.595. The van der Waals surface area contributed by atoms with Crippen molar-refractivity contribution >= 4 is 10.9 Å². The van der Waals surface area contributed by atoms with Gasteiger partial charge in [0, 0.05) is 43.9 Å². The van der Waals surface area contributed by atoms with Crippen LogP contribution in [-0.4, -0.2) is 42.6 Å². The average molecular weight is 257 g/mol. The number of hydrogen-bond donors (Lipinski definition) is 2. The summed E-state index contributed by atoms with van der Waals surface area (Å²) in [6, 6.07) is 9.05. The number of nitrogens with zero attached hydrogens (tertiary/aromatic N) is 1. The fourth-order valence-electron chi connectivity index (χ4n) is 2.99. The van der Waals surface area contributed by atoms with Gasteiger partial charge in [-0.1, -0.05) is 13.0 Å². The van der Waals surface area contributed by atoms with E-state index in [2.05, 4.69) is 53.3 Å². The highest BCUT2D eigenvalue weighted by atomic mass is 15.2. The Morgan fingerprint density at radius 3 is 2.79 bits per heavy atom. The van der Waals surface area contributed by atoms with Crippen LogP contribution in [0.25, 0.3) is 10.9 Å². The Morgan fingerprint density at radius 1 is 1.21 bits per heavy atom. The lowest BCUT2D eigenvalue weighted by Gasteiger charge is -2.29. The van der Waals surface area contributed by atoms with Crippen LogP contribution < -0.4 is 5.32 Å². The van der Waals surface area contributed by atoms with Gasteiger partial charge in [-0.15, -0.1) is 0 Å². The summed E-state index contributed by atoms with van der Waals surface area (Å²) < 4.78 is 0. The van der Waals surface area contributed by atoms with Crippen molar-refractivity contribution < 1.29 is 0 Å². The number of rotatable bonds is 3. The molecule has 2 heterocycles. The van der Waals surface area contributed by atoms with Crippen LogP contribution >= 0.6 is 0 Å². The molecule has 19 heavy (non-hydrogen) atoms. The summed E-state index contributed by atoms with van der Waals surface area (Å²) in [5.41, 5.74) is 3.93. The van der Waals surface area contributed by atoms with Crippen LogP contribution in [0, 0.1) is 6.92 Å². The zero-order valence-corrected chi connectivity index (χ0v) is 11.9. The van der Waals surface area contributed by atoms with Crippen LogP contribution in [0.5, 0.6) is 0 Å². The minimum atomic E-state index is 0.595. The molecule has 0 spiro atoms. The average Bonchev–Trinajstić information content (AvgIpc) is 2.78. The van der Waals surface area contributed by atoms with Crippen molar-refractivity contribution in [2.45, 2.75) is 19.8 Å². The lowest BCUT2D eigenvalue weighted by atomic mass is 9.99. The summed E-state index contributed by atoms with van der Waals surface area (Å²) in [7, 11) is 0. The van der Waals surface area contributed by atoms with Gasteiger partial charge in [-0.3, -0.25) is 0 Å². The van der Waals surface area contributed by atoms with Gasteiger partial charge in [0.2, 0.25) is 0 Å². The van der Waals surface area contributed by atoms with Gasteiger partial charge in [0.15, 0.2) is 0 Å². The minimum Gasteiger partial charge on any atom is -0.359 e. The molecule has 1 aliphatic heterocycles. The van der Waals surface area contributed by atoms with E-state index in [1.165, 1.54) is 35.2 Å². The van der Waals surface area contributed by atoms with Crippen molar-refractivity contribution in [2.24, 2.45) is 0 Å². The predicted octanol–water partition coefficient (Wildman–Crippen LogP) is 2.49. The van der Waals surface area contributed by atoms with E-state index >= 15 is 0 Å². The van der Waals surface area contributed by atoms with E-state index in [1.807, 2.05) is 0 Å². The van der Waals surface area contributed by atoms with Crippen LogP contribution in [0.2, 0.25) is 0 Å². The maximum Gasteiger partial charge on any atom is 0.0456 e. The number of aromatic amines is 1. The first-order chi connectivity index (χ1) is 9.22. The van der Waals surface area contributed by atoms with E-state index < -0.39 is 0 Å². The Bertz CT molecular complexity index is 552. The molecule has 1 atom stereocenters. The number of fused-ring (bicyclic) bond motifs is 1. The number of benzene rings is 1. The third-order valence-electron chi connectivity index (χ3n) is 4.09. The molecule has 1 aromatic heterocycles. The number of H-pyrrole nitrogens is 1. The van der Waals surface area contributed by atoms with Crippen molar-refractivity contribution in [3.05, 3.63) is 35.5 Å². The van der Waals surface area contributed by atoms with Crippen LogP contribution in [0.15, 0.2) is 24.3 Å². The Labute approximate surface area is 115 Å². The second kappa shape index (κ2) is 5.35. The molecule has 0 bridgehead atoms. The lowest BCUT2D eigenvalue weighted by molar-refractivity contribution is 0.230. The SMILES string of the molecule is Cc1cc2cc(C(C)CN3CCNCC3)ccc2[nH]1. The molecule has 1 saturated heterocycles. The van der Waals surface area contributed by atoms with E-state index in [4.69, 9.17) is 0 Å². The first kappa shape index (κ1) is 12.7. The highest BCUT2D eigenvalue weighted by Crippen LogP contribution is 2.23. The normalized spacial score (nSPS) is 18.8. The molecule has 1 unspecified atom stereocenters. The molecule has 1 aromatic carbocycles. The fraction of sp³-hybridized carbons (Fsp3) is 0.500. The number of nitrogens with one attached hydrogen (secondary N) is 2. The number of aryl methyl sites for hydroxylation is 1. The highest BCUT2D eigenvalue weighted by molar-refractivity contribution is 5.81. The van der Waals surface area contributed by atoms with Gasteiger partial charge in [-0.2, -0.15) is 0 Å². The molecule has 0 radical (unpaired) electrons. The highest BCUT2D eigenvalue weighted by Gasteiger charge is 2.14. The molecule has 2 aromatic rings. The van der Waals surface area contributed by atoms with Crippen molar-refractivity contribution in [3.8, 4) is 0 Å². The summed E-state index contributed by atoms with van der Waals surface area (Å²) >= 11 is 0. The predicted molar refractivity (Wildman–Crippen MR) is 80.8 cm³/mol. The van der Waals surface area contributed by atoms with E-state index in [0.717, 1.165) is 19.6 Å². The van der Waals surface area contributed by atoms with Gasteiger partial charge in [0.25, 0.3) is 0 Å². The van der Waals surface area contributed by atoms with Gasteiger partial charge in [0.1, 0.15) is 0 Å². The van der Waals surface area contributed by atoms with Gasteiger partial charge in [-0.05, 0) is 42.0 Å². The molecule has 3 heteroatoms. The van der Waals surface area contributed by atoms with Crippen molar-refractivity contribution in [1.29, 1.82) is 0 Å². The number of aromatic nitrogens is 1. The number of piperazine rings is 1. The van der Waals surface area contributed by atoms with Crippen LogP contribution in [0.3, 0.4) is 0 Å². The first-order valence-corrected chi connectivity index (χ1v) is 7.25. The van der Waals surface area contributed by atoms with Crippen molar-refractivity contribution in [2.75, 3.05) is 32.7 Å². The molecular weight excluding hydrogens is 234 g/mol. The maximum atomic E-state index is 3.41. The summed E-state index contributed by atoms with van der Waals surface area (Å²) in [5, 5.41) is 4.74. The van der Waals surface area contributed by atoms with Gasteiger partial charge in [-0.25, -0.2) is 0 Å². The zero-order valence-electron chi connectivity index (χ0n) is 11.9. The number of hydrogen-bond acceptors (Lipinski definition) is 2. The van der Waals surface area contributed by atoms with Crippen LogP contribution in [-0.2, 0) is 0 Å². The second-order valence-corrected chi connectivity index (χ2v) is 5.75. The van der Waals surface area contributed by atoms with Gasteiger partial charge in [0.05, 0.1) is 0 Å². The van der Waals surface area contributed by atoms with Crippen molar-refractivity contribution in [3.63, 3.8) is 0 Å². The molecule has 102 valence electrons. The molecule has 3 rings (SSSR count). The monoisotopic (exact) mass is 257 g/mol. The largest absolute Gasteiger partial charge is 0.359 e. The molecule has 0 aliphatic carbocycles. The summed E-state index contributed by atoms with van der Waals surface area (Å²) in [6.45, 7) is 10.2. The Morgan fingerprint density at radius 2 is 2.00 bits per heavy atom. The maximum absolute atomic E-state index is 3.41. The summed E-state index contributed by atoms with van der Waals surface area (Å²) in [4.78, 5) is 5.95. The first-order valence-electron chi connectivity index (χ1n) is 7.25. The van der Waals surface area contributed by atoms with E-state index in [-0.39, 0.29) is 0 Å². The van der Waals surface area contributed by atoms with Crippen molar-refractivity contribution in [1.82, 2.24) is 15.2 Å². The van der Waals surface area contributed by atoms with Gasteiger partial charge >= 0.3 is 0 Å². The third-order valence-corrected chi connectivity index (χ3v) is 4.09. The van der Waals surface area contributed by atoms with E-state index in [1.54, 1.807) is 0 Å². The molecule has 0 amide bonds. The lowest BCUT2D eigenvalue weighted by Crippen LogP contribution is -2.44. The van der Waals surface area contributed by atoms with E-state index in [0.29, 0.717) is 5.92 Å². The molecule has 3 nitrogen and oxygen atoms in total. The second-order valence-electron chi connectivity index (χ2n) is 5.75. The van der Waals surface area contributed by atoms with E-state index in [9.17, 15) is 0 Å². The molecule has 2 N–H and O–H groups in total. The zero-order chi connectivity index (χ0) is 13.2. The molecule has 0 saturated carbocycles.